The molecule has 2 aliphatic rings. The largest absolute Gasteiger partial charge is 0.381 e. The van der Waals surface area contributed by atoms with Crippen LogP contribution in [0.25, 0.3) is 0 Å². The van der Waals surface area contributed by atoms with Gasteiger partial charge in [0.05, 0.1) is 17.3 Å². The van der Waals surface area contributed by atoms with Gasteiger partial charge in [-0.15, -0.1) is 0 Å². The van der Waals surface area contributed by atoms with Gasteiger partial charge in [-0.3, -0.25) is 0 Å². The number of sulfone groups is 1. The lowest BCUT2D eigenvalue weighted by atomic mass is 9.98. The van der Waals surface area contributed by atoms with Crippen LogP contribution in [0.2, 0.25) is 0 Å². The molecular weight excluding hydrogens is 262 g/mol. The molecule has 0 spiro atoms. The van der Waals surface area contributed by atoms with Gasteiger partial charge in [0.2, 0.25) is 0 Å². The van der Waals surface area contributed by atoms with E-state index in [9.17, 15) is 8.42 Å². The van der Waals surface area contributed by atoms with Gasteiger partial charge in [-0.1, -0.05) is 18.2 Å². The van der Waals surface area contributed by atoms with Crippen molar-refractivity contribution in [2.24, 2.45) is 5.92 Å². The van der Waals surface area contributed by atoms with Gasteiger partial charge < -0.3 is 10.1 Å². The van der Waals surface area contributed by atoms with Crippen LogP contribution >= 0.6 is 0 Å². The Kier molecular flexibility index (Phi) is 3.37. The number of ether oxygens (including phenoxy) is 1. The highest BCUT2D eigenvalue weighted by atomic mass is 32.2. The molecule has 0 amide bonds. The molecule has 0 radical (unpaired) electrons. The third-order valence-corrected chi connectivity index (χ3v) is 5.97. The van der Waals surface area contributed by atoms with Crippen molar-refractivity contribution in [3.05, 3.63) is 29.8 Å². The molecule has 4 nitrogen and oxygen atoms in total. The molecule has 1 aromatic carbocycles. The Morgan fingerprint density at radius 1 is 1.37 bits per heavy atom. The van der Waals surface area contributed by atoms with Gasteiger partial charge in [0, 0.05) is 18.7 Å². The van der Waals surface area contributed by atoms with Gasteiger partial charge in [0.25, 0.3) is 0 Å². The zero-order valence-corrected chi connectivity index (χ0v) is 11.8. The van der Waals surface area contributed by atoms with E-state index in [0.717, 1.165) is 25.2 Å². The Morgan fingerprint density at radius 2 is 2.16 bits per heavy atom. The van der Waals surface area contributed by atoms with Gasteiger partial charge in [0.15, 0.2) is 9.84 Å². The van der Waals surface area contributed by atoms with Crippen LogP contribution in [0.15, 0.2) is 29.2 Å². The summed E-state index contributed by atoms with van der Waals surface area (Å²) in [6, 6.07) is 7.49. The van der Waals surface area contributed by atoms with E-state index in [2.05, 4.69) is 12.2 Å². The molecule has 1 N–H and O–H groups in total. The van der Waals surface area contributed by atoms with Crippen LogP contribution < -0.4 is 5.32 Å². The van der Waals surface area contributed by atoms with Crippen molar-refractivity contribution in [3.8, 4) is 0 Å². The zero-order chi connectivity index (χ0) is 13.5. The molecule has 2 aliphatic heterocycles. The normalized spacial score (nSPS) is 30.2. The van der Waals surface area contributed by atoms with Crippen LogP contribution in [0.4, 0.5) is 0 Å². The Bertz CT molecular complexity index is 564. The molecule has 1 aromatic rings. The fourth-order valence-electron chi connectivity index (χ4n) is 2.99. The minimum absolute atomic E-state index is 0.0863. The average Bonchev–Trinajstić information content (AvgIpc) is 2.98. The van der Waals surface area contributed by atoms with Crippen LogP contribution in [-0.4, -0.2) is 33.4 Å². The van der Waals surface area contributed by atoms with E-state index >= 15 is 0 Å². The molecule has 104 valence electrons. The van der Waals surface area contributed by atoms with E-state index in [1.807, 2.05) is 12.1 Å². The number of fused-ring (bicyclic) bond motifs is 1. The summed E-state index contributed by atoms with van der Waals surface area (Å²) in [5.74, 6) is 0.653. The van der Waals surface area contributed by atoms with Crippen molar-refractivity contribution in [2.45, 2.75) is 30.3 Å². The van der Waals surface area contributed by atoms with Crippen LogP contribution in [0.3, 0.4) is 0 Å². The lowest BCUT2D eigenvalue weighted by Crippen LogP contribution is -2.37. The Balaban J connectivity index is 1.80. The van der Waals surface area contributed by atoms with E-state index < -0.39 is 9.84 Å². The fourth-order valence-corrected chi connectivity index (χ4v) is 4.74. The van der Waals surface area contributed by atoms with Crippen LogP contribution in [0.1, 0.15) is 24.9 Å². The van der Waals surface area contributed by atoms with Crippen LogP contribution in [0.5, 0.6) is 0 Å². The highest BCUT2D eigenvalue weighted by molar-refractivity contribution is 7.91. The highest BCUT2D eigenvalue weighted by Gasteiger charge is 2.36. The molecule has 0 bridgehead atoms. The maximum Gasteiger partial charge on any atom is 0.180 e. The summed E-state index contributed by atoms with van der Waals surface area (Å²) in [6.45, 7) is 3.71. The second-order valence-corrected chi connectivity index (χ2v) is 7.45. The first-order chi connectivity index (χ1) is 9.08. The van der Waals surface area contributed by atoms with Crippen molar-refractivity contribution < 1.29 is 13.2 Å². The van der Waals surface area contributed by atoms with E-state index in [1.165, 1.54) is 0 Å². The van der Waals surface area contributed by atoms with Crippen molar-refractivity contribution >= 4 is 9.84 Å². The topological polar surface area (TPSA) is 55.4 Å². The standard InChI is InChI=1S/C14H19NO3S/c1-10(11-6-7-18-8-11)15-13-9-19(16,17)14-5-3-2-4-12(13)14/h2-5,10-11,13,15H,6-9H2,1H3. The summed E-state index contributed by atoms with van der Waals surface area (Å²) >= 11 is 0. The quantitative estimate of drug-likeness (QED) is 0.913. The summed E-state index contributed by atoms with van der Waals surface area (Å²) < 4.78 is 29.6. The molecule has 3 atom stereocenters. The van der Waals surface area contributed by atoms with Gasteiger partial charge in [-0.25, -0.2) is 8.42 Å². The van der Waals surface area contributed by atoms with Gasteiger partial charge in [-0.05, 0) is 30.9 Å². The summed E-state index contributed by atoms with van der Waals surface area (Å²) in [6.07, 6.45) is 1.05. The maximum absolute atomic E-state index is 12.1. The predicted octanol–water partition coefficient (Wildman–Crippen LogP) is 1.53. The minimum atomic E-state index is -3.12. The van der Waals surface area contributed by atoms with E-state index in [-0.39, 0.29) is 17.8 Å². The van der Waals surface area contributed by atoms with E-state index in [1.54, 1.807) is 12.1 Å². The minimum Gasteiger partial charge on any atom is -0.381 e. The number of hydrogen-bond donors (Lipinski definition) is 1. The predicted molar refractivity (Wildman–Crippen MR) is 72.8 cm³/mol. The third kappa shape index (κ3) is 2.42. The van der Waals surface area contributed by atoms with Gasteiger partial charge in [-0.2, -0.15) is 0 Å². The first-order valence-corrected chi connectivity index (χ1v) is 8.38. The molecule has 3 unspecified atom stereocenters. The molecule has 0 aromatic heterocycles. The third-order valence-electron chi connectivity index (χ3n) is 4.15. The fraction of sp³-hybridized carbons (Fsp3) is 0.571. The molecular formula is C14H19NO3S. The number of rotatable bonds is 3. The van der Waals surface area contributed by atoms with E-state index in [4.69, 9.17) is 4.74 Å². The molecule has 1 saturated heterocycles. The second kappa shape index (κ2) is 4.89. The van der Waals surface area contributed by atoms with Gasteiger partial charge in [0.1, 0.15) is 0 Å². The molecule has 0 aliphatic carbocycles. The highest BCUT2D eigenvalue weighted by Crippen LogP contribution is 2.34. The summed E-state index contributed by atoms with van der Waals surface area (Å²) in [5, 5.41) is 3.47. The Labute approximate surface area is 114 Å². The summed E-state index contributed by atoms with van der Waals surface area (Å²) in [5.41, 5.74) is 0.910. The Hall–Kier alpha value is -0.910. The van der Waals surface area contributed by atoms with E-state index in [0.29, 0.717) is 10.8 Å². The summed E-state index contributed by atoms with van der Waals surface area (Å²) in [4.78, 5) is 0.488. The maximum atomic E-state index is 12.1. The lowest BCUT2D eigenvalue weighted by molar-refractivity contribution is 0.177. The van der Waals surface area contributed by atoms with Crippen molar-refractivity contribution in [1.82, 2.24) is 5.32 Å². The molecule has 3 rings (SSSR count). The average molecular weight is 281 g/mol. The smallest absolute Gasteiger partial charge is 0.180 e. The molecule has 2 heterocycles. The van der Waals surface area contributed by atoms with Crippen molar-refractivity contribution in [2.75, 3.05) is 19.0 Å². The number of nitrogens with one attached hydrogen (secondary N) is 1. The van der Waals surface area contributed by atoms with Crippen LogP contribution in [0, 0.1) is 5.92 Å². The molecule has 0 saturated carbocycles. The van der Waals surface area contributed by atoms with Crippen LogP contribution in [-0.2, 0) is 14.6 Å². The lowest BCUT2D eigenvalue weighted by Gasteiger charge is -2.23. The van der Waals surface area contributed by atoms with Crippen molar-refractivity contribution in [3.63, 3.8) is 0 Å². The Morgan fingerprint density at radius 3 is 2.89 bits per heavy atom. The first kappa shape index (κ1) is 13.1. The SMILES string of the molecule is CC(NC1CS(=O)(=O)c2ccccc21)C1CCOC1. The molecule has 19 heavy (non-hydrogen) atoms. The molecule has 5 heteroatoms. The van der Waals surface area contributed by atoms with Crippen molar-refractivity contribution in [1.29, 1.82) is 0 Å². The number of benzene rings is 1. The first-order valence-electron chi connectivity index (χ1n) is 6.73. The number of hydrogen-bond acceptors (Lipinski definition) is 4. The molecule has 1 fully saturated rings. The summed E-state index contributed by atoms with van der Waals surface area (Å²) in [7, 11) is -3.12. The monoisotopic (exact) mass is 281 g/mol. The second-order valence-electron chi connectivity index (χ2n) is 5.45. The van der Waals surface area contributed by atoms with Gasteiger partial charge >= 0.3 is 0 Å². The zero-order valence-electron chi connectivity index (χ0n) is 11.0.